The molecule has 0 radical (unpaired) electrons. The Hall–Kier alpha value is -3.13. The van der Waals surface area contributed by atoms with Crippen LogP contribution in [0.25, 0.3) is 5.69 Å². The molecule has 7 nitrogen and oxygen atoms in total. The van der Waals surface area contributed by atoms with E-state index in [4.69, 9.17) is 9.47 Å². The molecule has 0 atom stereocenters. The number of aromatic nitrogens is 2. The number of ether oxygens (including phenoxy) is 2. The van der Waals surface area contributed by atoms with Gasteiger partial charge in [0.1, 0.15) is 17.2 Å². The van der Waals surface area contributed by atoms with Gasteiger partial charge in [-0.05, 0) is 55.0 Å². The molecule has 0 bridgehead atoms. The molecule has 4 rings (SSSR count). The first-order valence-corrected chi connectivity index (χ1v) is 9.38. The Labute approximate surface area is 169 Å². The molecule has 0 saturated heterocycles. The number of esters is 1. The number of rotatable bonds is 4. The highest BCUT2D eigenvalue weighted by molar-refractivity contribution is 9.10. The Morgan fingerprint density at radius 3 is 2.46 bits per heavy atom. The molecule has 1 aromatic heterocycles. The van der Waals surface area contributed by atoms with Crippen LogP contribution in [0, 0.1) is 0 Å². The van der Waals surface area contributed by atoms with Crippen molar-refractivity contribution in [3.63, 3.8) is 0 Å². The van der Waals surface area contributed by atoms with Gasteiger partial charge in [-0.3, -0.25) is 4.79 Å². The minimum Gasteiger partial charge on any atom is -0.497 e. The highest BCUT2D eigenvalue weighted by atomic mass is 79.9. The molecule has 0 fully saturated rings. The third kappa shape index (κ3) is 3.38. The van der Waals surface area contributed by atoms with Crippen molar-refractivity contribution < 1.29 is 19.1 Å². The van der Waals surface area contributed by atoms with Crippen molar-refractivity contribution >= 4 is 27.8 Å². The molecule has 142 valence electrons. The number of amides is 1. The number of fused-ring (bicyclic) bond motifs is 1. The number of nitrogens with zero attached hydrogens (tertiary/aromatic N) is 2. The summed E-state index contributed by atoms with van der Waals surface area (Å²) in [7, 11) is 1.58. The van der Waals surface area contributed by atoms with Crippen molar-refractivity contribution in [1.29, 1.82) is 0 Å². The molecular formula is C20H16BrN3O4. The molecule has 2 heterocycles. The van der Waals surface area contributed by atoms with Gasteiger partial charge in [-0.15, -0.1) is 0 Å². The zero-order chi connectivity index (χ0) is 19.7. The second-order valence-electron chi connectivity index (χ2n) is 6.13. The quantitative estimate of drug-likeness (QED) is 0.496. The highest BCUT2D eigenvalue weighted by Crippen LogP contribution is 2.25. The maximum atomic E-state index is 12.8. The minimum atomic E-state index is -0.597. The number of halogens is 1. The SMILES string of the molecule is COc1ccc(-n2nc(C(=O)Oc3ccc(Br)cc3)c3c2C(=O)NCC3)cc1. The molecule has 1 aliphatic rings. The molecule has 1 N–H and O–H groups in total. The van der Waals surface area contributed by atoms with E-state index in [0.717, 1.165) is 4.47 Å². The van der Waals surface area contributed by atoms with Gasteiger partial charge in [0.05, 0.1) is 12.8 Å². The zero-order valence-electron chi connectivity index (χ0n) is 14.9. The van der Waals surface area contributed by atoms with Crippen molar-refractivity contribution in [3.05, 3.63) is 70.0 Å². The molecule has 0 unspecified atom stereocenters. The lowest BCUT2D eigenvalue weighted by molar-refractivity contribution is 0.0727. The molecule has 28 heavy (non-hydrogen) atoms. The second-order valence-corrected chi connectivity index (χ2v) is 7.05. The lowest BCUT2D eigenvalue weighted by Gasteiger charge is -2.15. The highest BCUT2D eigenvalue weighted by Gasteiger charge is 2.31. The van der Waals surface area contributed by atoms with Crippen LogP contribution in [0.15, 0.2) is 53.0 Å². The maximum Gasteiger partial charge on any atom is 0.364 e. The zero-order valence-corrected chi connectivity index (χ0v) is 16.5. The van der Waals surface area contributed by atoms with Crippen molar-refractivity contribution in [2.24, 2.45) is 0 Å². The summed E-state index contributed by atoms with van der Waals surface area (Å²) >= 11 is 3.34. The lowest BCUT2D eigenvalue weighted by atomic mass is 10.1. The smallest absolute Gasteiger partial charge is 0.364 e. The van der Waals surface area contributed by atoms with E-state index in [2.05, 4.69) is 26.3 Å². The van der Waals surface area contributed by atoms with Crippen molar-refractivity contribution in [1.82, 2.24) is 15.1 Å². The summed E-state index contributed by atoms with van der Waals surface area (Å²) in [6, 6.07) is 14.0. The molecule has 8 heteroatoms. The van der Waals surface area contributed by atoms with E-state index in [-0.39, 0.29) is 11.6 Å². The summed E-state index contributed by atoms with van der Waals surface area (Å²) in [4.78, 5) is 25.2. The van der Waals surface area contributed by atoms with E-state index in [9.17, 15) is 9.59 Å². The van der Waals surface area contributed by atoms with Gasteiger partial charge >= 0.3 is 5.97 Å². The fourth-order valence-corrected chi connectivity index (χ4v) is 3.30. The number of benzene rings is 2. The van der Waals surface area contributed by atoms with Crippen LogP contribution in [-0.4, -0.2) is 35.3 Å². The Morgan fingerprint density at radius 1 is 1.11 bits per heavy atom. The monoisotopic (exact) mass is 441 g/mol. The average Bonchev–Trinajstić information content (AvgIpc) is 3.11. The number of hydrogen-bond donors (Lipinski definition) is 1. The molecule has 1 amide bonds. The van der Waals surface area contributed by atoms with Crippen molar-refractivity contribution in [2.45, 2.75) is 6.42 Å². The van der Waals surface area contributed by atoms with Gasteiger partial charge in [-0.2, -0.15) is 5.10 Å². The third-order valence-electron chi connectivity index (χ3n) is 4.39. The van der Waals surface area contributed by atoms with Crippen LogP contribution in [0.1, 0.15) is 26.5 Å². The number of carbonyl (C=O) groups excluding carboxylic acids is 2. The van der Waals surface area contributed by atoms with Gasteiger partial charge in [-0.1, -0.05) is 15.9 Å². The van der Waals surface area contributed by atoms with E-state index >= 15 is 0 Å². The molecule has 0 spiro atoms. The van der Waals surface area contributed by atoms with E-state index < -0.39 is 5.97 Å². The lowest BCUT2D eigenvalue weighted by Crippen LogP contribution is -2.33. The topological polar surface area (TPSA) is 82.5 Å². The Kier molecular flexibility index (Phi) is 4.87. The molecule has 2 aromatic carbocycles. The summed E-state index contributed by atoms with van der Waals surface area (Å²) in [5.41, 5.74) is 1.72. The van der Waals surface area contributed by atoms with Crippen LogP contribution in [0.2, 0.25) is 0 Å². The normalized spacial score (nSPS) is 12.9. The third-order valence-corrected chi connectivity index (χ3v) is 4.92. The van der Waals surface area contributed by atoms with Crippen LogP contribution < -0.4 is 14.8 Å². The largest absolute Gasteiger partial charge is 0.497 e. The van der Waals surface area contributed by atoms with Gasteiger partial charge in [-0.25, -0.2) is 9.48 Å². The van der Waals surface area contributed by atoms with Gasteiger partial charge in [0.25, 0.3) is 5.91 Å². The molecule has 3 aromatic rings. The fraction of sp³-hybridized carbons (Fsp3) is 0.150. The first kappa shape index (κ1) is 18.2. The van der Waals surface area contributed by atoms with Gasteiger partial charge in [0, 0.05) is 16.6 Å². The van der Waals surface area contributed by atoms with Crippen molar-refractivity contribution in [2.75, 3.05) is 13.7 Å². The summed E-state index contributed by atoms with van der Waals surface area (Å²) in [6.45, 7) is 0.443. The van der Waals surface area contributed by atoms with Gasteiger partial charge in [0.2, 0.25) is 0 Å². The first-order chi connectivity index (χ1) is 13.6. The van der Waals surface area contributed by atoms with Crippen LogP contribution in [0.3, 0.4) is 0 Å². The van der Waals surface area contributed by atoms with Gasteiger partial charge in [0.15, 0.2) is 5.69 Å². The standard InChI is InChI=1S/C20H16BrN3O4/c1-27-14-8-4-13(5-9-14)24-18-16(10-11-22-19(18)25)17(23-24)20(26)28-15-6-2-12(21)3-7-15/h2-9H,10-11H2,1H3,(H,22,25). The molecule has 0 aliphatic carbocycles. The number of carbonyl (C=O) groups is 2. The summed E-state index contributed by atoms with van der Waals surface area (Å²) in [6.07, 6.45) is 0.502. The molecular weight excluding hydrogens is 426 g/mol. The predicted molar refractivity (Wildman–Crippen MR) is 105 cm³/mol. The Balaban J connectivity index is 1.74. The number of hydrogen-bond acceptors (Lipinski definition) is 5. The number of methoxy groups -OCH3 is 1. The minimum absolute atomic E-state index is 0.142. The van der Waals surface area contributed by atoms with Crippen molar-refractivity contribution in [3.8, 4) is 17.2 Å². The average molecular weight is 442 g/mol. The summed E-state index contributed by atoms with van der Waals surface area (Å²) in [5.74, 6) is 0.220. The van der Waals surface area contributed by atoms with Gasteiger partial charge < -0.3 is 14.8 Å². The fourth-order valence-electron chi connectivity index (χ4n) is 3.04. The van der Waals surface area contributed by atoms with E-state index in [1.54, 1.807) is 55.6 Å². The molecule has 1 aliphatic heterocycles. The van der Waals surface area contributed by atoms with Crippen LogP contribution >= 0.6 is 15.9 Å². The second kappa shape index (κ2) is 7.47. The summed E-state index contributed by atoms with van der Waals surface area (Å²) < 4.78 is 13.0. The van der Waals surface area contributed by atoms with Crippen LogP contribution in [-0.2, 0) is 6.42 Å². The maximum absolute atomic E-state index is 12.8. The predicted octanol–water partition coefficient (Wildman–Crippen LogP) is 3.15. The Bertz CT molecular complexity index is 1040. The van der Waals surface area contributed by atoms with Crippen LogP contribution in [0.4, 0.5) is 0 Å². The molecule has 0 saturated carbocycles. The van der Waals surface area contributed by atoms with E-state index in [1.807, 2.05) is 0 Å². The summed E-state index contributed by atoms with van der Waals surface area (Å²) in [5, 5.41) is 7.21. The van der Waals surface area contributed by atoms with Crippen LogP contribution in [0.5, 0.6) is 11.5 Å². The van der Waals surface area contributed by atoms with E-state index in [0.29, 0.717) is 41.4 Å². The Morgan fingerprint density at radius 2 is 1.79 bits per heavy atom. The van der Waals surface area contributed by atoms with E-state index in [1.165, 1.54) is 4.68 Å². The number of nitrogens with one attached hydrogen (secondary N) is 1. The first-order valence-electron chi connectivity index (χ1n) is 8.59.